The van der Waals surface area contributed by atoms with Crippen molar-refractivity contribution in [3.63, 3.8) is 0 Å². The first-order chi connectivity index (χ1) is 37.1. The summed E-state index contributed by atoms with van der Waals surface area (Å²) in [7, 11) is 0. The normalized spacial score (nSPS) is 15.2. The van der Waals surface area contributed by atoms with Crippen LogP contribution in [0.2, 0.25) is 0 Å². The third kappa shape index (κ3) is 36.8. The van der Waals surface area contributed by atoms with Gasteiger partial charge in [-0.2, -0.15) is 0 Å². The summed E-state index contributed by atoms with van der Waals surface area (Å²) in [5.41, 5.74) is 0. The number of esters is 1. The molecule has 0 spiro atoms. The Morgan fingerprint density at radius 1 is 0.544 bits per heavy atom. The summed E-state index contributed by atoms with van der Waals surface area (Å²) in [5, 5.41) is 55.6. The predicted octanol–water partition coefficient (Wildman–Crippen LogP) is 9.52. The van der Waals surface area contributed by atoms with E-state index in [1.807, 2.05) is 0 Å². The Morgan fingerprint density at radius 3 is 1.23 bits per heavy atom. The van der Waals surface area contributed by atoms with Crippen LogP contribution in [0.3, 0.4) is 0 Å². The maximum Gasteiger partial charge on any atom is 0.316 e. The monoisotopic (exact) mass is 1120 g/mol. The number of aromatic hydroxyl groups is 2. The number of benzene rings is 5. The van der Waals surface area contributed by atoms with Crippen LogP contribution in [0.4, 0.5) is 17.6 Å². The van der Waals surface area contributed by atoms with Gasteiger partial charge in [0.15, 0.2) is 0 Å². The molecule has 7 rings (SSSR count). The van der Waals surface area contributed by atoms with Crippen molar-refractivity contribution in [2.45, 2.75) is 117 Å². The molecule has 0 saturated carbocycles. The van der Waals surface area contributed by atoms with E-state index in [1.54, 1.807) is 38.1 Å². The number of aliphatic hydroxyl groups is 4. The van der Waals surface area contributed by atoms with Gasteiger partial charge < -0.3 is 68.6 Å². The minimum atomic E-state index is -0.983. The molecule has 16 nitrogen and oxygen atoms in total. The van der Waals surface area contributed by atoms with E-state index in [-0.39, 0.29) is 92.7 Å². The van der Waals surface area contributed by atoms with E-state index in [0.717, 1.165) is 13.2 Å². The average molecular weight is 1120 g/mol. The number of phenolic OH excluding ortho intramolecular Hbond substituents is 2. The van der Waals surface area contributed by atoms with Gasteiger partial charge in [0.05, 0.1) is 50.3 Å². The van der Waals surface area contributed by atoms with Crippen molar-refractivity contribution in [2.75, 3.05) is 46.2 Å². The van der Waals surface area contributed by atoms with E-state index in [4.69, 9.17) is 48.5 Å². The third-order valence-corrected chi connectivity index (χ3v) is 10.4. The Bertz CT molecular complexity index is 2350. The Labute approximate surface area is 460 Å². The number of phenols is 2. The summed E-state index contributed by atoms with van der Waals surface area (Å²) in [6, 6.07) is 28.2. The molecule has 438 valence electrons. The number of ketones is 2. The van der Waals surface area contributed by atoms with Gasteiger partial charge in [0.25, 0.3) is 0 Å². The van der Waals surface area contributed by atoms with Gasteiger partial charge in [-0.3, -0.25) is 9.59 Å². The Hall–Kier alpha value is -6.81. The molecule has 2 aliphatic heterocycles. The number of rotatable bonds is 24. The molecule has 7 atom stereocenters. The first-order valence-electron chi connectivity index (χ1n) is 25.3. The lowest BCUT2D eigenvalue weighted by Crippen LogP contribution is -2.31. The molecule has 0 amide bonds. The van der Waals surface area contributed by atoms with Crippen LogP contribution in [0.15, 0.2) is 121 Å². The molecule has 5 aromatic carbocycles. The first kappa shape index (κ1) is 70.2. The fourth-order valence-corrected chi connectivity index (χ4v) is 5.79. The van der Waals surface area contributed by atoms with E-state index in [1.165, 1.54) is 117 Å². The molecular weight excluding hydrogens is 1040 g/mol. The molecule has 0 bridgehead atoms. The lowest BCUT2D eigenvalue weighted by Gasteiger charge is -2.17. The van der Waals surface area contributed by atoms with Gasteiger partial charge in [-0.05, 0) is 181 Å². The van der Waals surface area contributed by atoms with Crippen LogP contribution in [-0.2, 0) is 28.6 Å². The molecule has 2 fully saturated rings. The standard InChI is InChI=1S/C15H20O6.C12H17FO3.C12H15FO3.C9H9FO2.C6H5FO.C4H8O.CH4/c1-3-20-15(19)14(10(2)16)8-12(18)9-21-13-6-4-11(17)5-7-13;2*1-9(14)2-5-11(15)8-16-12-6-3-10(13)4-7-12;10-7-1-3-8(4-2-7)11-5-9-6-12-9;7-5-1-3-6(8)4-2-5;1-2-4-3-5-4;/h4-7,12,14,17-18H,3,8-9H2,1-2H3;3-4,6-7,9,11,14-15H,2,5,8H2,1H3;3-4,6-7,11,15H,2,5,8H2,1H3;1-4,9H,5-6H2;1-4,8H;4H,2-3H2,1H3;1H4/t12-,14?;9?,11-;11-;9-;;4-;/m0001.1./s1. The van der Waals surface area contributed by atoms with Gasteiger partial charge in [0.1, 0.15) is 108 Å². The van der Waals surface area contributed by atoms with E-state index in [0.29, 0.717) is 61.4 Å². The van der Waals surface area contributed by atoms with Crippen LogP contribution < -0.4 is 18.9 Å². The number of ether oxygens (including phenoxy) is 7. The molecule has 2 unspecified atom stereocenters. The van der Waals surface area contributed by atoms with Gasteiger partial charge in [0.2, 0.25) is 0 Å². The molecule has 2 saturated heterocycles. The minimum absolute atomic E-state index is 0. The molecular formula is C59H78F4O16. The minimum Gasteiger partial charge on any atom is -0.508 e. The SMILES string of the molecule is C.CC(=O)CC[C@H](O)COc1ccc(F)cc1.CC(O)CC[C@H](O)COc1ccc(F)cc1.CCOC(=O)C(C[C@H](O)COc1ccc(O)cc1)C(C)=O.CC[C@@H]1CO1.Fc1ccc(OC[C@@H]2CO2)cc1.Oc1ccc(F)cc1. The van der Waals surface area contributed by atoms with Crippen molar-refractivity contribution in [3.8, 4) is 34.5 Å². The molecule has 79 heavy (non-hydrogen) atoms. The highest BCUT2D eigenvalue weighted by Gasteiger charge is 2.28. The summed E-state index contributed by atoms with van der Waals surface area (Å²) in [4.78, 5) is 33.7. The number of Topliss-reactive ketones (excluding diaryl/α,β-unsaturated/α-hetero) is 2. The van der Waals surface area contributed by atoms with Gasteiger partial charge in [0, 0.05) is 6.42 Å². The maximum atomic E-state index is 12.6. The zero-order valence-electron chi connectivity index (χ0n) is 44.6. The molecule has 5 aromatic rings. The van der Waals surface area contributed by atoms with E-state index < -0.39 is 36.3 Å². The summed E-state index contributed by atoms with van der Waals surface area (Å²) in [5.74, 6) is -0.752. The van der Waals surface area contributed by atoms with Crippen molar-refractivity contribution in [1.29, 1.82) is 0 Å². The molecule has 0 radical (unpaired) electrons. The second-order valence-electron chi connectivity index (χ2n) is 17.7. The fraction of sp³-hybridized carbons (Fsp3) is 0.441. The zero-order valence-corrected chi connectivity index (χ0v) is 44.6. The number of aliphatic hydroxyl groups excluding tert-OH is 4. The Balaban J connectivity index is 0.000000491. The van der Waals surface area contributed by atoms with Gasteiger partial charge in [-0.1, -0.05) is 14.4 Å². The summed E-state index contributed by atoms with van der Waals surface area (Å²) in [6.45, 7) is 11.0. The van der Waals surface area contributed by atoms with Crippen LogP contribution >= 0.6 is 0 Å². The van der Waals surface area contributed by atoms with Crippen LogP contribution in [0, 0.1) is 29.2 Å². The largest absolute Gasteiger partial charge is 0.508 e. The number of hydrogen-bond donors (Lipinski definition) is 6. The Morgan fingerprint density at radius 2 is 0.899 bits per heavy atom. The van der Waals surface area contributed by atoms with Crippen LogP contribution in [0.25, 0.3) is 0 Å². The quantitative estimate of drug-likeness (QED) is 0.0146. The summed E-state index contributed by atoms with van der Waals surface area (Å²) in [6.07, 6.45) is 1.10. The molecule has 0 aliphatic carbocycles. The molecule has 20 heteroatoms. The molecule has 2 heterocycles. The number of epoxide rings is 2. The first-order valence-corrected chi connectivity index (χ1v) is 25.3. The van der Waals surface area contributed by atoms with Crippen molar-refractivity contribution in [3.05, 3.63) is 145 Å². The van der Waals surface area contributed by atoms with Crippen molar-refractivity contribution < 1.29 is 95.7 Å². The lowest BCUT2D eigenvalue weighted by molar-refractivity contribution is -0.152. The summed E-state index contributed by atoms with van der Waals surface area (Å²) >= 11 is 0. The maximum absolute atomic E-state index is 12.6. The van der Waals surface area contributed by atoms with Crippen LogP contribution in [-0.4, -0.2) is 131 Å². The third-order valence-electron chi connectivity index (χ3n) is 10.4. The zero-order chi connectivity index (χ0) is 57.8. The highest BCUT2D eigenvalue weighted by atomic mass is 19.1. The predicted molar refractivity (Wildman–Crippen MR) is 288 cm³/mol. The topological polar surface area (TPSA) is 244 Å². The average Bonchev–Trinajstić information content (AvgIpc) is 4.37. The molecule has 0 aromatic heterocycles. The second-order valence-corrected chi connectivity index (χ2v) is 17.7. The smallest absolute Gasteiger partial charge is 0.316 e. The molecule has 2 aliphatic rings. The van der Waals surface area contributed by atoms with Crippen molar-refractivity contribution in [1.82, 2.24) is 0 Å². The number of hydrogen-bond acceptors (Lipinski definition) is 16. The Kier molecular flexibility index (Phi) is 35.9. The van der Waals surface area contributed by atoms with Crippen molar-refractivity contribution in [2.24, 2.45) is 5.92 Å². The number of carbonyl (C=O) groups excluding carboxylic acids is 3. The second kappa shape index (κ2) is 40.4. The van der Waals surface area contributed by atoms with Crippen LogP contribution in [0.1, 0.15) is 80.6 Å². The highest BCUT2D eigenvalue weighted by Crippen LogP contribution is 2.19. The van der Waals surface area contributed by atoms with E-state index in [2.05, 4.69) is 6.92 Å². The lowest BCUT2D eigenvalue weighted by atomic mass is 9.98. The summed E-state index contributed by atoms with van der Waals surface area (Å²) < 4.78 is 85.2. The highest BCUT2D eigenvalue weighted by molar-refractivity contribution is 5.97. The van der Waals surface area contributed by atoms with E-state index >= 15 is 0 Å². The molecule has 6 N–H and O–H groups in total. The van der Waals surface area contributed by atoms with Crippen molar-refractivity contribution >= 4 is 17.5 Å². The van der Waals surface area contributed by atoms with Gasteiger partial charge >= 0.3 is 5.97 Å². The number of carbonyl (C=O) groups is 3. The fourth-order valence-electron chi connectivity index (χ4n) is 5.79. The van der Waals surface area contributed by atoms with E-state index in [9.17, 15) is 47.3 Å². The van der Waals surface area contributed by atoms with Crippen LogP contribution in [0.5, 0.6) is 34.5 Å². The van der Waals surface area contributed by atoms with Gasteiger partial charge in [-0.25, -0.2) is 17.6 Å². The number of halogens is 4. The van der Waals surface area contributed by atoms with Gasteiger partial charge in [-0.15, -0.1) is 0 Å².